The molecule has 2 aromatic rings. The molecule has 0 atom stereocenters. The van der Waals surface area contributed by atoms with Gasteiger partial charge >= 0.3 is 0 Å². The normalized spacial score (nSPS) is 12.6. The Balaban J connectivity index is 1.87. The molecule has 5 heteroatoms. The first-order chi connectivity index (χ1) is 13.1. The Morgan fingerprint density at radius 3 is 2.70 bits per heavy atom. The monoisotopic (exact) mass is 399 g/mol. The number of benzene rings is 1. The van der Waals surface area contributed by atoms with Crippen LogP contribution in [0.15, 0.2) is 64.6 Å². The summed E-state index contributed by atoms with van der Waals surface area (Å²) in [6.45, 7) is 8.11. The van der Waals surface area contributed by atoms with Crippen molar-refractivity contribution in [3.63, 3.8) is 0 Å². The quantitative estimate of drug-likeness (QED) is 0.238. The average molecular weight is 400 g/mol. The van der Waals surface area contributed by atoms with Crippen molar-refractivity contribution in [2.75, 3.05) is 12.8 Å². The maximum absolute atomic E-state index is 4.81. The minimum Gasteiger partial charge on any atom is -0.377 e. The van der Waals surface area contributed by atoms with E-state index < -0.39 is 0 Å². The fourth-order valence-corrected chi connectivity index (χ4v) is 4.24. The van der Waals surface area contributed by atoms with Gasteiger partial charge in [0.25, 0.3) is 0 Å². The summed E-state index contributed by atoms with van der Waals surface area (Å²) >= 11 is 3.61. The molecule has 3 nitrogen and oxygen atoms in total. The maximum Gasteiger partial charge on any atom is 0.102 e. The van der Waals surface area contributed by atoms with Gasteiger partial charge in [-0.25, -0.2) is 9.98 Å². The van der Waals surface area contributed by atoms with E-state index in [2.05, 4.69) is 66.4 Å². The molecule has 0 bridgehead atoms. The highest BCUT2D eigenvalue weighted by molar-refractivity contribution is 7.98. The van der Waals surface area contributed by atoms with Crippen LogP contribution in [0.5, 0.6) is 0 Å². The Kier molecular flexibility index (Phi) is 9.36. The minimum absolute atomic E-state index is 0.921. The molecule has 1 aromatic heterocycles. The number of aromatic nitrogens is 1. The number of rotatable bonds is 10. The molecule has 0 amide bonds. The highest BCUT2D eigenvalue weighted by atomic mass is 32.2. The smallest absolute Gasteiger partial charge is 0.102 e. The van der Waals surface area contributed by atoms with Crippen molar-refractivity contribution in [3.8, 4) is 0 Å². The Labute approximate surface area is 171 Å². The minimum atomic E-state index is 0.921. The van der Waals surface area contributed by atoms with E-state index in [9.17, 15) is 0 Å². The van der Waals surface area contributed by atoms with Gasteiger partial charge in [0.1, 0.15) is 5.84 Å². The molecular formula is C22H29N3S2. The molecule has 1 aromatic carbocycles. The van der Waals surface area contributed by atoms with Crippen LogP contribution in [0.4, 0.5) is 0 Å². The third-order valence-corrected chi connectivity index (χ3v) is 6.04. The third kappa shape index (κ3) is 7.73. The van der Waals surface area contributed by atoms with E-state index in [-0.39, 0.29) is 0 Å². The maximum atomic E-state index is 4.81. The molecule has 0 radical (unpaired) electrons. The van der Waals surface area contributed by atoms with E-state index >= 15 is 0 Å². The number of hydrogen-bond donors (Lipinski definition) is 1. The number of amidine groups is 1. The standard InChI is InChI=1S/C22H29N3S2/c1-5-20(12-11-19-9-7-6-8-10-19)17(2)24-22(23-4)13-14-26-15-21-16-27-18(3)25-21/h5-10,16H,1,11-15H2,2-4H3,(H,23,24)/b20-17+. The predicted molar refractivity (Wildman–Crippen MR) is 122 cm³/mol. The number of nitrogens with one attached hydrogen (secondary N) is 1. The van der Waals surface area contributed by atoms with Crippen molar-refractivity contribution in [1.29, 1.82) is 0 Å². The van der Waals surface area contributed by atoms with Gasteiger partial charge in [0.05, 0.1) is 10.7 Å². The zero-order chi connectivity index (χ0) is 19.5. The molecule has 0 unspecified atom stereocenters. The van der Waals surface area contributed by atoms with Crippen LogP contribution in [-0.2, 0) is 12.2 Å². The van der Waals surface area contributed by atoms with Crippen LogP contribution in [0.1, 0.15) is 36.0 Å². The fraction of sp³-hybridized carbons (Fsp3) is 0.364. The van der Waals surface area contributed by atoms with E-state index in [0.29, 0.717) is 0 Å². The Morgan fingerprint density at radius 1 is 1.30 bits per heavy atom. The largest absolute Gasteiger partial charge is 0.377 e. The lowest BCUT2D eigenvalue weighted by molar-refractivity contribution is 0.940. The van der Waals surface area contributed by atoms with Crippen molar-refractivity contribution in [2.45, 2.75) is 38.9 Å². The Morgan fingerprint density at radius 2 is 2.07 bits per heavy atom. The topological polar surface area (TPSA) is 37.3 Å². The van der Waals surface area contributed by atoms with Crippen LogP contribution in [0.2, 0.25) is 0 Å². The number of thioether (sulfide) groups is 1. The van der Waals surface area contributed by atoms with E-state index in [1.54, 1.807) is 11.3 Å². The Hall–Kier alpha value is -1.85. The summed E-state index contributed by atoms with van der Waals surface area (Å²) in [7, 11) is 1.94. The van der Waals surface area contributed by atoms with E-state index in [4.69, 9.17) is 4.99 Å². The highest BCUT2D eigenvalue weighted by Crippen LogP contribution is 2.18. The average Bonchev–Trinajstić information content (AvgIpc) is 3.10. The van der Waals surface area contributed by atoms with Crippen molar-refractivity contribution >= 4 is 28.9 Å². The first-order valence-electron chi connectivity index (χ1n) is 9.22. The van der Waals surface area contributed by atoms with E-state index in [1.807, 2.05) is 24.9 Å². The molecule has 0 aliphatic rings. The van der Waals surface area contributed by atoms with Crippen LogP contribution in [0, 0.1) is 6.92 Å². The van der Waals surface area contributed by atoms with Crippen molar-refractivity contribution < 1.29 is 0 Å². The summed E-state index contributed by atoms with van der Waals surface area (Å²) in [6, 6.07) is 10.6. The number of thiazole rings is 1. The summed E-state index contributed by atoms with van der Waals surface area (Å²) in [5.74, 6) is 3.01. The second kappa shape index (κ2) is 11.8. The molecular weight excluding hydrogens is 370 g/mol. The second-order valence-electron chi connectivity index (χ2n) is 6.27. The first-order valence-corrected chi connectivity index (χ1v) is 11.3. The van der Waals surface area contributed by atoms with Crippen LogP contribution in [0.25, 0.3) is 0 Å². The molecule has 0 saturated heterocycles. The summed E-state index contributed by atoms with van der Waals surface area (Å²) in [4.78, 5) is 9.32. The van der Waals surface area contributed by atoms with Crippen molar-refractivity contribution in [1.82, 2.24) is 10.3 Å². The molecule has 0 spiro atoms. The molecule has 0 aliphatic carbocycles. The Bertz CT molecular complexity index is 776. The first kappa shape index (κ1) is 21.5. The van der Waals surface area contributed by atoms with Crippen molar-refractivity contribution in [2.24, 2.45) is 4.99 Å². The zero-order valence-corrected chi connectivity index (χ0v) is 18.1. The summed E-state index contributed by atoms with van der Waals surface area (Å²) in [6.07, 6.45) is 4.82. The molecule has 0 saturated carbocycles. The van der Waals surface area contributed by atoms with Gasteiger partial charge in [-0.15, -0.1) is 11.3 Å². The fourth-order valence-electron chi connectivity index (χ4n) is 2.69. The van der Waals surface area contributed by atoms with Gasteiger partial charge in [-0.05, 0) is 37.8 Å². The van der Waals surface area contributed by atoms with Gasteiger partial charge < -0.3 is 5.32 Å². The van der Waals surface area contributed by atoms with Gasteiger partial charge in [0.2, 0.25) is 0 Å². The number of allylic oxidation sites excluding steroid dienone is 3. The highest BCUT2D eigenvalue weighted by Gasteiger charge is 2.04. The lowest BCUT2D eigenvalue weighted by atomic mass is 10.0. The summed E-state index contributed by atoms with van der Waals surface area (Å²) in [5.41, 5.74) is 4.77. The van der Waals surface area contributed by atoms with E-state index in [0.717, 1.165) is 47.3 Å². The number of aryl methyl sites for hydroxylation is 2. The van der Waals surface area contributed by atoms with Crippen molar-refractivity contribution in [3.05, 3.63) is 75.9 Å². The lowest BCUT2D eigenvalue weighted by Crippen LogP contribution is -2.19. The number of aliphatic imine (C=N–C) groups is 1. The number of hydrogen-bond acceptors (Lipinski definition) is 4. The lowest BCUT2D eigenvalue weighted by Gasteiger charge is -2.09. The van der Waals surface area contributed by atoms with E-state index in [1.165, 1.54) is 16.8 Å². The molecule has 2 rings (SSSR count). The second-order valence-corrected chi connectivity index (χ2v) is 8.44. The van der Waals surface area contributed by atoms with Gasteiger partial charge in [0.15, 0.2) is 0 Å². The van der Waals surface area contributed by atoms with Gasteiger partial charge in [-0.1, -0.05) is 43.0 Å². The van der Waals surface area contributed by atoms with Gasteiger partial charge in [-0.3, -0.25) is 0 Å². The van der Waals surface area contributed by atoms with Gasteiger partial charge in [-0.2, -0.15) is 11.8 Å². The zero-order valence-electron chi connectivity index (χ0n) is 16.5. The molecule has 0 aliphatic heterocycles. The molecule has 1 N–H and O–H groups in total. The van der Waals surface area contributed by atoms with Gasteiger partial charge in [0, 0.05) is 36.1 Å². The third-order valence-electron chi connectivity index (χ3n) is 4.23. The predicted octanol–water partition coefficient (Wildman–Crippen LogP) is 5.79. The molecule has 1 heterocycles. The number of nitrogens with zero attached hydrogens (tertiary/aromatic N) is 2. The summed E-state index contributed by atoms with van der Waals surface area (Å²) < 4.78 is 0. The summed E-state index contributed by atoms with van der Waals surface area (Å²) in [5, 5.41) is 6.52. The van der Waals surface area contributed by atoms with Crippen LogP contribution in [0.3, 0.4) is 0 Å². The molecule has 144 valence electrons. The molecule has 27 heavy (non-hydrogen) atoms. The molecule has 0 fully saturated rings. The van der Waals surface area contributed by atoms with Crippen LogP contribution >= 0.6 is 23.1 Å². The SMILES string of the molecule is C=C/C(CCc1ccccc1)=C(C)\N=C(\CCSCc1csc(C)n1)NC. The van der Waals surface area contributed by atoms with Crippen LogP contribution < -0.4 is 5.32 Å². The van der Waals surface area contributed by atoms with Crippen LogP contribution in [-0.4, -0.2) is 23.6 Å².